The number of benzene rings is 1. The van der Waals surface area contributed by atoms with Crippen LogP contribution in [0.5, 0.6) is 0 Å². The fourth-order valence-electron chi connectivity index (χ4n) is 2.47. The van der Waals surface area contributed by atoms with Gasteiger partial charge in [0.05, 0.1) is 12.1 Å². The summed E-state index contributed by atoms with van der Waals surface area (Å²) in [5.41, 5.74) is 1.25. The van der Waals surface area contributed by atoms with Crippen LogP contribution >= 0.6 is 11.8 Å². The van der Waals surface area contributed by atoms with Gasteiger partial charge in [-0.15, -0.1) is 11.8 Å². The summed E-state index contributed by atoms with van der Waals surface area (Å²) in [6.07, 6.45) is 3.38. The lowest BCUT2D eigenvalue weighted by Gasteiger charge is -2.28. The third-order valence-corrected chi connectivity index (χ3v) is 4.74. The molecule has 0 bridgehead atoms. The maximum Gasteiger partial charge on any atom is 0.315 e. The first-order valence-electron chi connectivity index (χ1n) is 7.57. The summed E-state index contributed by atoms with van der Waals surface area (Å²) in [4.78, 5) is 13.0. The molecular formula is C16H24N2O2S. The van der Waals surface area contributed by atoms with Crippen molar-refractivity contribution in [2.24, 2.45) is 0 Å². The van der Waals surface area contributed by atoms with E-state index < -0.39 is 6.10 Å². The van der Waals surface area contributed by atoms with E-state index in [-0.39, 0.29) is 12.1 Å². The van der Waals surface area contributed by atoms with Crippen molar-refractivity contribution in [3.8, 4) is 0 Å². The average Bonchev–Trinajstić information content (AvgIpc) is 2.48. The third kappa shape index (κ3) is 5.59. The molecule has 1 saturated carbocycles. The first-order valence-corrected chi connectivity index (χ1v) is 8.55. The van der Waals surface area contributed by atoms with E-state index in [0.717, 1.165) is 31.4 Å². The molecular weight excluding hydrogens is 284 g/mol. The van der Waals surface area contributed by atoms with E-state index in [4.69, 9.17) is 0 Å². The van der Waals surface area contributed by atoms with E-state index >= 15 is 0 Å². The van der Waals surface area contributed by atoms with Crippen molar-refractivity contribution in [2.75, 3.05) is 12.3 Å². The number of aryl methyl sites for hydroxylation is 1. The number of amides is 2. The zero-order valence-electron chi connectivity index (χ0n) is 12.5. The van der Waals surface area contributed by atoms with Crippen LogP contribution in [-0.2, 0) is 0 Å². The van der Waals surface area contributed by atoms with Crippen LogP contribution in [0.3, 0.4) is 0 Å². The predicted octanol–water partition coefficient (Wildman–Crippen LogP) is 2.69. The molecule has 116 valence electrons. The van der Waals surface area contributed by atoms with Crippen LogP contribution in [0.25, 0.3) is 0 Å². The normalized spacial score (nSPS) is 21.8. The minimum atomic E-state index is -0.397. The number of hydrogen-bond acceptors (Lipinski definition) is 3. The van der Waals surface area contributed by atoms with Gasteiger partial charge in [0.1, 0.15) is 0 Å². The van der Waals surface area contributed by atoms with Gasteiger partial charge in [-0.1, -0.05) is 30.5 Å². The Morgan fingerprint density at radius 2 is 2.00 bits per heavy atom. The smallest absolute Gasteiger partial charge is 0.315 e. The Morgan fingerprint density at radius 1 is 1.29 bits per heavy atom. The zero-order chi connectivity index (χ0) is 15.1. The highest BCUT2D eigenvalue weighted by Gasteiger charge is 2.24. The Morgan fingerprint density at radius 3 is 2.71 bits per heavy atom. The topological polar surface area (TPSA) is 61.4 Å². The van der Waals surface area contributed by atoms with Crippen LogP contribution in [0.1, 0.15) is 31.2 Å². The number of hydrogen-bond donors (Lipinski definition) is 3. The number of aliphatic hydroxyl groups is 1. The van der Waals surface area contributed by atoms with E-state index in [9.17, 15) is 9.90 Å². The molecule has 0 radical (unpaired) electrons. The van der Waals surface area contributed by atoms with Crippen LogP contribution in [0.4, 0.5) is 4.79 Å². The van der Waals surface area contributed by atoms with Crippen LogP contribution in [0, 0.1) is 6.92 Å². The monoisotopic (exact) mass is 308 g/mol. The Hall–Kier alpha value is -1.20. The Bertz CT molecular complexity index is 450. The van der Waals surface area contributed by atoms with E-state index in [0.29, 0.717) is 6.54 Å². The average molecular weight is 308 g/mol. The van der Waals surface area contributed by atoms with Gasteiger partial charge in [0.2, 0.25) is 0 Å². The van der Waals surface area contributed by atoms with E-state index in [1.165, 1.54) is 10.5 Å². The number of rotatable bonds is 5. The minimum Gasteiger partial charge on any atom is -0.391 e. The van der Waals surface area contributed by atoms with Gasteiger partial charge in [0, 0.05) is 17.2 Å². The van der Waals surface area contributed by atoms with Crippen LogP contribution in [-0.4, -0.2) is 35.6 Å². The number of aliphatic hydroxyl groups excluding tert-OH is 1. The number of carbonyl (C=O) groups excluding carboxylic acids is 1. The molecule has 4 nitrogen and oxygen atoms in total. The van der Waals surface area contributed by atoms with Gasteiger partial charge in [-0.2, -0.15) is 0 Å². The fourth-order valence-corrected chi connectivity index (χ4v) is 3.24. The molecule has 2 rings (SSSR count). The van der Waals surface area contributed by atoms with Crippen molar-refractivity contribution < 1.29 is 9.90 Å². The highest BCUT2D eigenvalue weighted by atomic mass is 32.2. The van der Waals surface area contributed by atoms with E-state index in [1.807, 2.05) is 0 Å². The number of thioether (sulfide) groups is 1. The number of carbonyl (C=O) groups is 1. The van der Waals surface area contributed by atoms with Crippen molar-refractivity contribution in [1.29, 1.82) is 0 Å². The Labute approximate surface area is 130 Å². The molecule has 3 N–H and O–H groups in total. The lowest BCUT2D eigenvalue weighted by atomic mass is 9.93. The molecule has 2 atom stereocenters. The standard InChI is InChI=1S/C16H24N2O2S/c1-12-6-8-13(9-7-12)21-11-10-17-16(20)18-14-4-2-3-5-15(14)19/h6-9,14-15,19H,2-5,10-11H2,1H3,(H2,17,18,20). The molecule has 1 aromatic rings. The molecule has 0 aliphatic heterocycles. The van der Waals surface area contributed by atoms with Crippen LogP contribution in [0.2, 0.25) is 0 Å². The second-order valence-electron chi connectivity index (χ2n) is 5.52. The first-order chi connectivity index (χ1) is 10.1. The molecule has 5 heteroatoms. The molecule has 1 aliphatic carbocycles. The molecule has 0 heterocycles. The quantitative estimate of drug-likeness (QED) is 0.579. The molecule has 2 unspecified atom stereocenters. The van der Waals surface area contributed by atoms with Crippen molar-refractivity contribution in [3.63, 3.8) is 0 Å². The van der Waals surface area contributed by atoms with Crippen LogP contribution in [0.15, 0.2) is 29.2 Å². The molecule has 1 fully saturated rings. The van der Waals surface area contributed by atoms with Gasteiger partial charge in [0.15, 0.2) is 0 Å². The molecule has 1 aliphatic rings. The van der Waals surface area contributed by atoms with Crippen molar-refractivity contribution in [1.82, 2.24) is 10.6 Å². The summed E-state index contributed by atoms with van der Waals surface area (Å²) >= 11 is 1.73. The van der Waals surface area contributed by atoms with Gasteiger partial charge in [-0.3, -0.25) is 0 Å². The molecule has 1 aromatic carbocycles. The summed E-state index contributed by atoms with van der Waals surface area (Å²) in [5.74, 6) is 0.837. The van der Waals surface area contributed by atoms with Crippen molar-refractivity contribution in [3.05, 3.63) is 29.8 Å². The fraction of sp³-hybridized carbons (Fsp3) is 0.562. The predicted molar refractivity (Wildman–Crippen MR) is 86.7 cm³/mol. The highest BCUT2D eigenvalue weighted by molar-refractivity contribution is 7.99. The minimum absolute atomic E-state index is 0.0940. The second-order valence-corrected chi connectivity index (χ2v) is 6.69. The van der Waals surface area contributed by atoms with Crippen LogP contribution < -0.4 is 10.6 Å². The SMILES string of the molecule is Cc1ccc(SCCNC(=O)NC2CCCCC2O)cc1. The molecule has 0 spiro atoms. The molecule has 0 saturated heterocycles. The highest BCUT2D eigenvalue weighted by Crippen LogP contribution is 2.18. The van der Waals surface area contributed by atoms with Gasteiger partial charge in [-0.25, -0.2) is 4.79 Å². The van der Waals surface area contributed by atoms with Crippen molar-refractivity contribution >= 4 is 17.8 Å². The molecule has 21 heavy (non-hydrogen) atoms. The largest absolute Gasteiger partial charge is 0.391 e. The number of urea groups is 1. The maximum atomic E-state index is 11.8. The molecule has 0 aromatic heterocycles. The van der Waals surface area contributed by atoms with Gasteiger partial charge in [0.25, 0.3) is 0 Å². The van der Waals surface area contributed by atoms with Gasteiger partial charge < -0.3 is 15.7 Å². The van der Waals surface area contributed by atoms with Gasteiger partial charge >= 0.3 is 6.03 Å². The second kappa shape index (κ2) is 8.29. The number of nitrogens with one attached hydrogen (secondary N) is 2. The summed E-state index contributed by atoms with van der Waals surface area (Å²) in [6, 6.07) is 8.10. The van der Waals surface area contributed by atoms with Crippen molar-refractivity contribution in [2.45, 2.75) is 49.6 Å². The lowest BCUT2D eigenvalue weighted by molar-refractivity contribution is 0.0944. The summed E-state index contributed by atoms with van der Waals surface area (Å²) in [7, 11) is 0. The lowest BCUT2D eigenvalue weighted by Crippen LogP contribution is -2.49. The molecule has 2 amide bonds. The zero-order valence-corrected chi connectivity index (χ0v) is 13.3. The van der Waals surface area contributed by atoms with E-state index in [1.54, 1.807) is 11.8 Å². The third-order valence-electron chi connectivity index (χ3n) is 3.72. The summed E-state index contributed by atoms with van der Waals surface area (Å²) < 4.78 is 0. The van der Waals surface area contributed by atoms with Gasteiger partial charge in [-0.05, 0) is 31.9 Å². The summed E-state index contributed by atoms with van der Waals surface area (Å²) in [6.45, 7) is 2.69. The Balaban J connectivity index is 1.61. The summed E-state index contributed by atoms with van der Waals surface area (Å²) in [5, 5.41) is 15.5. The van der Waals surface area contributed by atoms with E-state index in [2.05, 4.69) is 41.8 Å². The Kier molecular flexibility index (Phi) is 6.39. The maximum absolute atomic E-state index is 11.8. The first kappa shape index (κ1) is 16.2.